The standard InChI is InChI=1S/C4H8ClNO3/c1-2-3(4(7)8)6-9-5/h3,6H,2H2,1H3,(H,7,8). The van der Waals surface area contributed by atoms with Crippen LogP contribution in [0.4, 0.5) is 0 Å². The van der Waals surface area contributed by atoms with Gasteiger partial charge >= 0.3 is 5.97 Å². The summed E-state index contributed by atoms with van der Waals surface area (Å²) in [5.41, 5.74) is 2.10. The average molecular weight is 154 g/mol. The molecular weight excluding hydrogens is 146 g/mol. The van der Waals surface area contributed by atoms with Crippen LogP contribution >= 0.6 is 11.9 Å². The third-order valence-electron chi connectivity index (χ3n) is 0.893. The normalized spacial score (nSPS) is 13.1. The molecule has 0 saturated heterocycles. The molecule has 9 heavy (non-hydrogen) atoms. The second-order valence-corrected chi connectivity index (χ2v) is 1.65. The van der Waals surface area contributed by atoms with Gasteiger partial charge in [0.15, 0.2) is 0 Å². The number of nitrogens with one attached hydrogen (secondary N) is 1. The Balaban J connectivity index is 3.54. The summed E-state index contributed by atoms with van der Waals surface area (Å²) in [7, 11) is 0. The van der Waals surface area contributed by atoms with E-state index in [2.05, 4.69) is 9.87 Å². The van der Waals surface area contributed by atoms with Crippen molar-refractivity contribution < 1.29 is 14.3 Å². The Labute approximate surface area is 57.9 Å². The van der Waals surface area contributed by atoms with Gasteiger partial charge in [0.2, 0.25) is 0 Å². The van der Waals surface area contributed by atoms with Gasteiger partial charge in [0, 0.05) is 0 Å². The Morgan fingerprint density at radius 3 is 2.67 bits per heavy atom. The van der Waals surface area contributed by atoms with E-state index in [0.717, 1.165) is 0 Å². The summed E-state index contributed by atoms with van der Waals surface area (Å²) in [5.74, 6) is -0.974. The molecule has 0 saturated carbocycles. The van der Waals surface area contributed by atoms with Crippen molar-refractivity contribution >= 4 is 17.8 Å². The van der Waals surface area contributed by atoms with Crippen molar-refractivity contribution in [3.05, 3.63) is 0 Å². The van der Waals surface area contributed by atoms with Gasteiger partial charge < -0.3 is 5.11 Å². The van der Waals surface area contributed by atoms with Gasteiger partial charge in [-0.2, -0.15) is 9.87 Å². The molecule has 54 valence electrons. The molecule has 0 aromatic carbocycles. The van der Waals surface area contributed by atoms with Crippen molar-refractivity contribution in [1.82, 2.24) is 5.48 Å². The molecule has 0 aliphatic heterocycles. The van der Waals surface area contributed by atoms with E-state index in [1.54, 1.807) is 6.92 Å². The predicted octanol–water partition coefficient (Wildman–Crippen LogP) is 0.525. The van der Waals surface area contributed by atoms with Crippen molar-refractivity contribution in [2.45, 2.75) is 19.4 Å². The highest BCUT2D eigenvalue weighted by Gasteiger charge is 2.13. The van der Waals surface area contributed by atoms with Gasteiger partial charge in [0.1, 0.15) is 6.04 Å². The summed E-state index contributed by atoms with van der Waals surface area (Å²) >= 11 is 4.74. The van der Waals surface area contributed by atoms with E-state index in [1.165, 1.54) is 0 Å². The van der Waals surface area contributed by atoms with Crippen LogP contribution in [-0.2, 0) is 9.18 Å². The van der Waals surface area contributed by atoms with Crippen LogP contribution in [0.5, 0.6) is 0 Å². The van der Waals surface area contributed by atoms with E-state index in [9.17, 15) is 4.79 Å². The first-order valence-corrected chi connectivity index (χ1v) is 2.79. The molecule has 5 heteroatoms. The Morgan fingerprint density at radius 1 is 2.00 bits per heavy atom. The first-order chi connectivity index (χ1) is 4.22. The summed E-state index contributed by atoms with van der Waals surface area (Å²) < 4.78 is 3.90. The molecule has 0 fully saturated rings. The van der Waals surface area contributed by atoms with Gasteiger partial charge in [-0.05, 0) is 6.42 Å². The van der Waals surface area contributed by atoms with Crippen molar-refractivity contribution in [2.24, 2.45) is 0 Å². The fraction of sp³-hybridized carbons (Fsp3) is 0.750. The van der Waals surface area contributed by atoms with E-state index in [1.807, 2.05) is 0 Å². The number of hydroxylamine groups is 1. The molecule has 0 heterocycles. The minimum atomic E-state index is -0.974. The zero-order valence-electron chi connectivity index (χ0n) is 4.93. The smallest absolute Gasteiger partial charge is 0.323 e. The number of carbonyl (C=O) groups is 1. The van der Waals surface area contributed by atoms with E-state index >= 15 is 0 Å². The van der Waals surface area contributed by atoms with Crippen LogP contribution in [0.15, 0.2) is 0 Å². The maximum absolute atomic E-state index is 10.1. The fourth-order valence-corrected chi connectivity index (χ4v) is 0.470. The lowest BCUT2D eigenvalue weighted by atomic mass is 10.2. The van der Waals surface area contributed by atoms with Crippen LogP contribution in [0.2, 0.25) is 0 Å². The summed E-state index contributed by atoms with van der Waals surface area (Å²) in [5, 5.41) is 8.30. The molecule has 0 rings (SSSR count). The minimum Gasteiger partial charge on any atom is -0.480 e. The van der Waals surface area contributed by atoms with Crippen LogP contribution in [0, 0.1) is 0 Å². The second-order valence-electron chi connectivity index (χ2n) is 1.49. The van der Waals surface area contributed by atoms with E-state index in [0.29, 0.717) is 6.42 Å². The predicted molar refractivity (Wildman–Crippen MR) is 31.8 cm³/mol. The van der Waals surface area contributed by atoms with Gasteiger partial charge in [-0.15, -0.1) is 0 Å². The summed E-state index contributed by atoms with van der Waals surface area (Å²) in [4.78, 5) is 10.1. The van der Waals surface area contributed by atoms with Crippen molar-refractivity contribution in [2.75, 3.05) is 0 Å². The number of aliphatic carboxylic acids is 1. The lowest BCUT2D eigenvalue weighted by molar-refractivity contribution is -0.141. The van der Waals surface area contributed by atoms with E-state index in [-0.39, 0.29) is 0 Å². The van der Waals surface area contributed by atoms with Crippen LogP contribution in [0.3, 0.4) is 0 Å². The molecule has 0 radical (unpaired) electrons. The summed E-state index contributed by atoms with van der Waals surface area (Å²) in [6, 6.07) is -0.720. The Morgan fingerprint density at radius 2 is 2.56 bits per heavy atom. The van der Waals surface area contributed by atoms with Gasteiger partial charge in [-0.3, -0.25) is 4.79 Å². The average Bonchev–Trinajstić information content (AvgIpc) is 1.82. The molecule has 0 amide bonds. The molecule has 0 aliphatic rings. The van der Waals surface area contributed by atoms with Crippen LogP contribution < -0.4 is 5.48 Å². The van der Waals surface area contributed by atoms with Crippen LogP contribution in [-0.4, -0.2) is 17.1 Å². The summed E-state index contributed by atoms with van der Waals surface area (Å²) in [6.07, 6.45) is 0.433. The summed E-state index contributed by atoms with van der Waals surface area (Å²) in [6.45, 7) is 1.71. The van der Waals surface area contributed by atoms with Crippen molar-refractivity contribution in [3.8, 4) is 0 Å². The van der Waals surface area contributed by atoms with E-state index < -0.39 is 12.0 Å². The SMILES string of the molecule is CCC(NOCl)C(=O)O. The van der Waals surface area contributed by atoms with Gasteiger partial charge in [0.05, 0.1) is 11.9 Å². The largest absolute Gasteiger partial charge is 0.480 e. The molecule has 0 bridgehead atoms. The molecule has 1 unspecified atom stereocenters. The number of halogens is 1. The van der Waals surface area contributed by atoms with Crippen LogP contribution in [0.1, 0.15) is 13.3 Å². The van der Waals surface area contributed by atoms with Crippen molar-refractivity contribution in [1.29, 1.82) is 0 Å². The lowest BCUT2D eigenvalue weighted by Crippen LogP contribution is -2.33. The van der Waals surface area contributed by atoms with Crippen molar-refractivity contribution in [3.63, 3.8) is 0 Å². The molecule has 0 aliphatic carbocycles. The Bertz CT molecular complexity index is 97.8. The Kier molecular flexibility index (Phi) is 4.39. The third kappa shape index (κ3) is 3.29. The minimum absolute atomic E-state index is 0.433. The quantitative estimate of drug-likeness (QED) is 0.579. The topological polar surface area (TPSA) is 58.6 Å². The molecule has 4 nitrogen and oxygen atoms in total. The monoisotopic (exact) mass is 153 g/mol. The number of carboxylic acids is 1. The maximum atomic E-state index is 10.1. The number of hydrogen-bond acceptors (Lipinski definition) is 3. The first-order valence-electron chi connectivity index (χ1n) is 2.48. The van der Waals surface area contributed by atoms with Gasteiger partial charge in [-0.25, -0.2) is 0 Å². The molecule has 0 aromatic rings. The third-order valence-corrected chi connectivity index (χ3v) is 0.982. The van der Waals surface area contributed by atoms with Crippen LogP contribution in [0.25, 0.3) is 0 Å². The lowest BCUT2D eigenvalue weighted by Gasteiger charge is -2.06. The number of carboxylic acid groups (broad SMARTS) is 1. The number of rotatable bonds is 4. The zero-order chi connectivity index (χ0) is 7.28. The van der Waals surface area contributed by atoms with Gasteiger partial charge in [-0.1, -0.05) is 6.92 Å². The molecule has 2 N–H and O–H groups in total. The highest BCUT2D eigenvalue weighted by atomic mass is 35.5. The van der Waals surface area contributed by atoms with Gasteiger partial charge in [0.25, 0.3) is 0 Å². The highest BCUT2D eigenvalue weighted by molar-refractivity contribution is 6.07. The number of hydrogen-bond donors (Lipinski definition) is 2. The fourth-order valence-electron chi connectivity index (χ4n) is 0.362. The highest BCUT2D eigenvalue weighted by Crippen LogP contribution is 1.90. The molecular formula is C4H8ClNO3. The zero-order valence-corrected chi connectivity index (χ0v) is 5.68. The second kappa shape index (κ2) is 4.55. The van der Waals surface area contributed by atoms with E-state index in [4.69, 9.17) is 17.0 Å². The molecule has 0 spiro atoms. The molecule has 1 atom stereocenters. The maximum Gasteiger partial charge on any atom is 0.323 e. The molecule has 0 aromatic heterocycles. The Hall–Kier alpha value is -0.320. The first kappa shape index (κ1) is 8.68.